The highest BCUT2D eigenvalue weighted by Crippen LogP contribution is 2.51. The fourth-order valence-electron chi connectivity index (χ4n) is 6.77. The molecule has 9 heteroatoms. The number of pyridine rings is 1. The van der Waals surface area contributed by atoms with Gasteiger partial charge in [0.1, 0.15) is 12.0 Å². The third-order valence-electron chi connectivity index (χ3n) is 10.3. The zero-order chi connectivity index (χ0) is 37.0. The number of hydrogen-bond acceptors (Lipinski definition) is 6. The Balaban J connectivity index is 1.87. The summed E-state index contributed by atoms with van der Waals surface area (Å²) >= 11 is 6.15. The molecule has 4 atom stereocenters. The third-order valence-corrected chi connectivity index (χ3v) is 19.7. The number of likely N-dealkylation sites (tertiary alicyclic amines) is 1. The van der Waals surface area contributed by atoms with Crippen LogP contribution in [0, 0.1) is 11.8 Å². The van der Waals surface area contributed by atoms with Crippen molar-refractivity contribution in [3.05, 3.63) is 134 Å². The van der Waals surface area contributed by atoms with Gasteiger partial charge in [-0.25, -0.2) is 4.79 Å². The molecule has 0 unspecified atom stereocenters. The van der Waals surface area contributed by atoms with Crippen molar-refractivity contribution < 1.29 is 18.8 Å². The van der Waals surface area contributed by atoms with Gasteiger partial charge in [-0.05, 0) is 53.1 Å². The van der Waals surface area contributed by atoms with Crippen LogP contribution in [0.2, 0.25) is 18.1 Å². The van der Waals surface area contributed by atoms with E-state index in [9.17, 15) is 4.79 Å². The van der Waals surface area contributed by atoms with Gasteiger partial charge >= 0.3 is 5.97 Å². The summed E-state index contributed by atoms with van der Waals surface area (Å²) in [5.41, 5.74) is 0.983. The number of amides is 1. The van der Waals surface area contributed by atoms with Gasteiger partial charge in [-0.1, -0.05) is 150 Å². The molecule has 0 N–H and O–H groups in total. The molecule has 0 saturated carbocycles. The van der Waals surface area contributed by atoms with E-state index in [1.807, 2.05) is 86.6 Å². The predicted octanol–water partition coefficient (Wildman–Crippen LogP) is 7.53. The maximum Gasteiger partial charge on any atom is 0.356 e. The van der Waals surface area contributed by atoms with Crippen molar-refractivity contribution in [3.63, 3.8) is 0 Å². The van der Waals surface area contributed by atoms with Crippen molar-refractivity contribution in [2.45, 2.75) is 64.9 Å². The van der Waals surface area contributed by atoms with Gasteiger partial charge in [0.05, 0.1) is 23.8 Å². The average molecular weight is 737 g/mol. The second-order valence-electron chi connectivity index (χ2n) is 14.6. The van der Waals surface area contributed by atoms with Crippen LogP contribution in [0.4, 0.5) is 0 Å². The van der Waals surface area contributed by atoms with Crippen molar-refractivity contribution in [2.24, 2.45) is 11.8 Å². The highest BCUT2D eigenvalue weighted by Gasteiger charge is 2.59. The molecule has 1 aliphatic heterocycles. The first-order valence-electron chi connectivity index (χ1n) is 17.4. The molecule has 6 nitrogen and oxygen atoms in total. The highest BCUT2D eigenvalue weighted by atomic mass is 32.1. The molecule has 266 valence electrons. The summed E-state index contributed by atoms with van der Waals surface area (Å²) < 4.78 is 12.9. The van der Waals surface area contributed by atoms with Crippen molar-refractivity contribution in [2.75, 3.05) is 6.61 Å². The smallest absolute Gasteiger partial charge is 0.356 e. The van der Waals surface area contributed by atoms with E-state index in [1.54, 1.807) is 17.2 Å². The summed E-state index contributed by atoms with van der Waals surface area (Å²) in [6, 6.07) is 35.2. The Morgan fingerprint density at radius 1 is 0.902 bits per heavy atom. The van der Waals surface area contributed by atoms with E-state index in [2.05, 4.69) is 81.8 Å². The zero-order valence-corrected chi connectivity index (χ0v) is 33.4. The lowest BCUT2D eigenvalue weighted by molar-refractivity contribution is -0.158. The first-order chi connectivity index (χ1) is 24.3. The number of carbonyl (C=O) groups excluding carboxylic acids is 2. The fraction of sp³-hybridized carbons (Fsp3) is 0.310. The molecule has 2 heterocycles. The first kappa shape index (κ1) is 38.3. The largest absolute Gasteiger partial charge is 0.457 e. The summed E-state index contributed by atoms with van der Waals surface area (Å²) in [4.78, 5) is 37.0. The first-order valence-corrected chi connectivity index (χ1v) is 22.6. The maximum atomic E-state index is 15.1. The highest BCUT2D eigenvalue weighted by molar-refractivity contribution is 7.96. The van der Waals surface area contributed by atoms with Crippen LogP contribution in [-0.2, 0) is 18.8 Å². The van der Waals surface area contributed by atoms with Crippen molar-refractivity contribution in [1.82, 2.24) is 9.88 Å². The summed E-state index contributed by atoms with van der Waals surface area (Å²) in [5.74, 6) is -1.68. The van der Waals surface area contributed by atoms with Gasteiger partial charge in [-0.15, -0.1) is 0 Å². The molecule has 1 amide bonds. The van der Waals surface area contributed by atoms with E-state index >= 15 is 4.79 Å². The Kier molecular flexibility index (Phi) is 11.8. The standard InChI is InChI=1S/C42H49N2O4PSSi/c1-9-29-47-41(46)40(49(32-21-13-10-14-22-32,33-23-15-11-16-24-33)34-25-17-12-18-26-34)44-37(30(2)38(50)35-27-19-20-28-43-35)36(39(44)45)31(3)48-51(7,8)42(4,5)6/h9-28,30-31,36-37H,1,29H2,2-8H3/t30-,31-,36-,37+/m1/s1. The summed E-state index contributed by atoms with van der Waals surface area (Å²) in [6.07, 6.45) is 2.84. The van der Waals surface area contributed by atoms with E-state index in [0.29, 0.717) is 16.0 Å². The van der Waals surface area contributed by atoms with Crippen LogP contribution < -0.4 is 15.9 Å². The Labute approximate surface area is 310 Å². The van der Waals surface area contributed by atoms with Crippen LogP contribution in [0.15, 0.2) is 128 Å². The fourth-order valence-corrected chi connectivity index (χ4v) is 12.8. The number of benzene rings is 3. The molecular weight excluding hydrogens is 688 g/mol. The molecule has 0 spiro atoms. The number of ether oxygens (including phenoxy) is 1. The van der Waals surface area contributed by atoms with Gasteiger partial charge in [0.25, 0.3) is 0 Å². The van der Waals surface area contributed by atoms with E-state index in [1.165, 1.54) is 0 Å². The van der Waals surface area contributed by atoms with Crippen LogP contribution in [0.25, 0.3) is 0 Å². The molecule has 1 fully saturated rings. The Hall–Kier alpha value is -3.94. The molecule has 0 aliphatic carbocycles. The lowest BCUT2D eigenvalue weighted by Crippen LogP contribution is -2.71. The number of rotatable bonds is 13. The predicted molar refractivity (Wildman–Crippen MR) is 218 cm³/mol. The molecule has 4 aromatic rings. The molecule has 1 saturated heterocycles. The van der Waals surface area contributed by atoms with Crippen molar-refractivity contribution in [3.8, 4) is 0 Å². The van der Waals surface area contributed by atoms with Gasteiger partial charge in [0, 0.05) is 23.9 Å². The molecule has 1 aromatic heterocycles. The van der Waals surface area contributed by atoms with E-state index in [-0.39, 0.29) is 23.5 Å². The number of esters is 1. The third kappa shape index (κ3) is 7.38. The quantitative estimate of drug-likeness (QED) is 0.0269. The number of hydrogen-bond donors (Lipinski definition) is 0. The Morgan fingerprint density at radius 3 is 1.82 bits per heavy atom. The van der Waals surface area contributed by atoms with Crippen molar-refractivity contribution in [1.29, 1.82) is 0 Å². The Bertz CT molecular complexity index is 1810. The lowest BCUT2D eigenvalue weighted by atomic mass is 9.75. The number of β-lactam (4-membered cyclic amide) rings is 1. The van der Waals surface area contributed by atoms with Crippen molar-refractivity contribution >= 4 is 65.5 Å². The second kappa shape index (κ2) is 15.7. The molecule has 0 radical (unpaired) electrons. The van der Waals surface area contributed by atoms with Gasteiger partial charge in [0.2, 0.25) is 5.91 Å². The molecule has 0 bridgehead atoms. The molecule has 1 aliphatic rings. The SMILES string of the molecule is C=CCOC(=O)C(N1C(=O)[C@H]([C@@H](C)O[Si](C)(C)C(C)(C)C)[C@@H]1[C@@H](C)C(=S)c1ccccn1)=P(c1ccccc1)(c1ccccc1)c1ccccc1. The van der Waals surface area contributed by atoms with Gasteiger partial charge < -0.3 is 14.1 Å². The monoisotopic (exact) mass is 736 g/mol. The van der Waals surface area contributed by atoms with Crippen LogP contribution in [0.1, 0.15) is 40.3 Å². The van der Waals surface area contributed by atoms with Gasteiger partial charge in [-0.3, -0.25) is 9.78 Å². The number of thiocarbonyl (C=S) groups is 1. The average Bonchev–Trinajstić information content (AvgIpc) is 3.13. The van der Waals surface area contributed by atoms with Crippen LogP contribution in [0.3, 0.4) is 0 Å². The zero-order valence-electron chi connectivity index (χ0n) is 30.7. The number of nitrogens with zero attached hydrogens (tertiary/aromatic N) is 2. The summed E-state index contributed by atoms with van der Waals surface area (Å²) in [5, 5.41) is 2.70. The van der Waals surface area contributed by atoms with Crippen LogP contribution in [0.5, 0.6) is 0 Å². The van der Waals surface area contributed by atoms with Gasteiger partial charge in [-0.2, -0.15) is 0 Å². The van der Waals surface area contributed by atoms with Gasteiger partial charge in [0.15, 0.2) is 8.32 Å². The Morgan fingerprint density at radius 2 is 1.39 bits per heavy atom. The van der Waals surface area contributed by atoms with E-state index < -0.39 is 39.2 Å². The van der Waals surface area contributed by atoms with Crippen LogP contribution >= 0.6 is 19.1 Å². The second-order valence-corrected chi connectivity index (χ2v) is 23.1. The molecule has 3 aromatic carbocycles. The number of carbonyl (C=O) groups is 2. The topological polar surface area (TPSA) is 68.7 Å². The lowest BCUT2D eigenvalue weighted by Gasteiger charge is -2.55. The normalized spacial score (nSPS) is 17.5. The molecule has 51 heavy (non-hydrogen) atoms. The minimum atomic E-state index is -3.10. The minimum Gasteiger partial charge on any atom is -0.457 e. The summed E-state index contributed by atoms with van der Waals surface area (Å²) in [7, 11) is -2.30. The van der Waals surface area contributed by atoms with E-state index in [4.69, 9.17) is 21.4 Å². The maximum absolute atomic E-state index is 15.1. The van der Waals surface area contributed by atoms with E-state index in [0.717, 1.165) is 15.9 Å². The summed E-state index contributed by atoms with van der Waals surface area (Å²) in [6.45, 7) is 15.7. The number of aromatic nitrogens is 1. The minimum absolute atomic E-state index is 0.0103. The van der Waals surface area contributed by atoms with Crippen LogP contribution in [-0.4, -0.2) is 59.1 Å². The molecular formula is C42H49N2O4PSSi. The molecule has 5 rings (SSSR count).